The van der Waals surface area contributed by atoms with Crippen molar-refractivity contribution in [3.05, 3.63) is 23.8 Å². The van der Waals surface area contributed by atoms with Crippen molar-refractivity contribution in [2.24, 2.45) is 0 Å². The fourth-order valence-electron chi connectivity index (χ4n) is 0.781. The van der Waals surface area contributed by atoms with E-state index in [4.69, 9.17) is 5.11 Å². The Balaban J connectivity index is 2.86. The lowest BCUT2D eigenvalue weighted by atomic mass is 10.2. The predicted octanol–water partition coefficient (Wildman–Crippen LogP) is 2.01. The van der Waals surface area contributed by atoms with Gasteiger partial charge in [-0.15, -0.1) is 0 Å². The fourth-order valence-corrected chi connectivity index (χ4v) is 0.781. The zero-order valence-electron chi connectivity index (χ0n) is 6.17. The number of rotatable bonds is 2. The van der Waals surface area contributed by atoms with Crippen molar-refractivity contribution in [3.8, 4) is 11.5 Å². The van der Waals surface area contributed by atoms with Gasteiger partial charge in [0.2, 0.25) is 6.86 Å². The number of aromatic hydroxyl groups is 1. The zero-order chi connectivity index (χ0) is 8.27. The van der Waals surface area contributed by atoms with Crippen LogP contribution < -0.4 is 4.74 Å². The van der Waals surface area contributed by atoms with E-state index in [-0.39, 0.29) is 5.75 Å². The van der Waals surface area contributed by atoms with Crippen LogP contribution in [0.15, 0.2) is 18.2 Å². The summed E-state index contributed by atoms with van der Waals surface area (Å²) in [5.74, 6) is 0.624. The van der Waals surface area contributed by atoms with Gasteiger partial charge in [-0.25, -0.2) is 4.39 Å². The number of benzene rings is 1. The van der Waals surface area contributed by atoms with Gasteiger partial charge in [0.05, 0.1) is 0 Å². The van der Waals surface area contributed by atoms with E-state index in [1.165, 1.54) is 12.1 Å². The molecule has 3 heteroatoms. The minimum Gasteiger partial charge on any atom is -0.508 e. The molecule has 11 heavy (non-hydrogen) atoms. The third kappa shape index (κ3) is 1.83. The van der Waals surface area contributed by atoms with E-state index in [2.05, 4.69) is 4.74 Å². The van der Waals surface area contributed by atoms with E-state index < -0.39 is 6.86 Å². The lowest BCUT2D eigenvalue weighted by Gasteiger charge is -2.02. The molecule has 1 aromatic carbocycles. The van der Waals surface area contributed by atoms with Gasteiger partial charge in [0.15, 0.2) is 0 Å². The van der Waals surface area contributed by atoms with Crippen LogP contribution >= 0.6 is 0 Å². The van der Waals surface area contributed by atoms with E-state index in [0.29, 0.717) is 11.3 Å². The highest BCUT2D eigenvalue weighted by atomic mass is 19.1. The first-order valence-electron chi connectivity index (χ1n) is 3.22. The molecule has 0 radical (unpaired) electrons. The minimum atomic E-state index is -0.843. The van der Waals surface area contributed by atoms with E-state index >= 15 is 0 Å². The van der Waals surface area contributed by atoms with Crippen LogP contribution in [0.25, 0.3) is 0 Å². The number of alkyl halides is 1. The second kappa shape index (κ2) is 3.23. The summed E-state index contributed by atoms with van der Waals surface area (Å²) in [6.07, 6.45) is 0. The Hall–Kier alpha value is -1.25. The molecule has 0 aliphatic carbocycles. The van der Waals surface area contributed by atoms with Crippen LogP contribution in [0.2, 0.25) is 0 Å². The molecule has 0 saturated heterocycles. The number of hydrogen-bond donors (Lipinski definition) is 1. The molecule has 60 valence electrons. The molecule has 0 amide bonds. The van der Waals surface area contributed by atoms with Gasteiger partial charge >= 0.3 is 0 Å². The summed E-state index contributed by atoms with van der Waals surface area (Å²) >= 11 is 0. The largest absolute Gasteiger partial charge is 0.508 e. The highest BCUT2D eigenvalue weighted by Gasteiger charge is 1.97. The molecule has 0 heterocycles. The molecule has 0 aliphatic heterocycles. The normalized spacial score (nSPS) is 9.64. The van der Waals surface area contributed by atoms with Crippen molar-refractivity contribution < 1.29 is 14.2 Å². The highest BCUT2D eigenvalue weighted by molar-refractivity contribution is 5.38. The molecule has 2 nitrogen and oxygen atoms in total. The standard InChI is InChI=1S/C8H9FO2/c1-6-4-7(11-5-9)2-3-8(6)10/h2-4,10H,5H2,1H3. The highest BCUT2D eigenvalue weighted by Crippen LogP contribution is 2.21. The summed E-state index contributed by atoms with van der Waals surface area (Å²) in [7, 11) is 0. The molecule has 0 saturated carbocycles. The summed E-state index contributed by atoms with van der Waals surface area (Å²) in [6, 6.07) is 4.57. The van der Waals surface area contributed by atoms with Crippen LogP contribution in [-0.4, -0.2) is 12.0 Å². The van der Waals surface area contributed by atoms with E-state index in [1.54, 1.807) is 13.0 Å². The maximum absolute atomic E-state index is 11.6. The average Bonchev–Trinajstić information content (AvgIpc) is 1.98. The van der Waals surface area contributed by atoms with Gasteiger partial charge in [0.1, 0.15) is 11.5 Å². The molecule has 0 unspecified atom stereocenters. The second-order valence-corrected chi connectivity index (χ2v) is 2.20. The van der Waals surface area contributed by atoms with Crippen LogP contribution in [0.5, 0.6) is 11.5 Å². The van der Waals surface area contributed by atoms with Gasteiger partial charge in [-0.05, 0) is 30.7 Å². The molecule has 0 aromatic heterocycles. The molecule has 0 fully saturated rings. The number of hydrogen-bond acceptors (Lipinski definition) is 2. The van der Waals surface area contributed by atoms with Crippen LogP contribution in [-0.2, 0) is 0 Å². The Labute approximate surface area is 64.2 Å². The zero-order valence-corrected chi connectivity index (χ0v) is 6.17. The molecular formula is C8H9FO2. The van der Waals surface area contributed by atoms with E-state index in [0.717, 1.165) is 0 Å². The van der Waals surface area contributed by atoms with Crippen molar-refractivity contribution in [3.63, 3.8) is 0 Å². The summed E-state index contributed by atoms with van der Waals surface area (Å²) in [6.45, 7) is 0.880. The number of phenolic OH excluding ortho intramolecular Hbond substituents is 1. The van der Waals surface area contributed by atoms with Gasteiger partial charge < -0.3 is 9.84 Å². The fraction of sp³-hybridized carbons (Fsp3) is 0.250. The first-order chi connectivity index (χ1) is 5.24. The molecule has 0 atom stereocenters. The van der Waals surface area contributed by atoms with Gasteiger partial charge in [-0.1, -0.05) is 0 Å². The Kier molecular flexibility index (Phi) is 2.31. The third-order valence-electron chi connectivity index (χ3n) is 1.39. The Bertz CT molecular complexity index is 248. The second-order valence-electron chi connectivity index (χ2n) is 2.20. The summed E-state index contributed by atoms with van der Waals surface area (Å²) in [5.41, 5.74) is 0.677. The number of ether oxygens (including phenoxy) is 1. The van der Waals surface area contributed by atoms with Crippen molar-refractivity contribution in [1.82, 2.24) is 0 Å². The monoisotopic (exact) mass is 156 g/mol. The molecule has 0 bridgehead atoms. The molecule has 1 rings (SSSR count). The van der Waals surface area contributed by atoms with Crippen molar-refractivity contribution in [2.45, 2.75) is 6.92 Å². The van der Waals surface area contributed by atoms with E-state index in [1.807, 2.05) is 0 Å². The summed E-state index contributed by atoms with van der Waals surface area (Å²) < 4.78 is 16.2. The Morgan fingerprint density at radius 2 is 2.27 bits per heavy atom. The first-order valence-corrected chi connectivity index (χ1v) is 3.22. The van der Waals surface area contributed by atoms with Crippen LogP contribution in [0.3, 0.4) is 0 Å². The summed E-state index contributed by atoms with van der Waals surface area (Å²) in [4.78, 5) is 0. The number of aryl methyl sites for hydroxylation is 1. The maximum Gasteiger partial charge on any atom is 0.228 e. The molecule has 0 aliphatic rings. The van der Waals surface area contributed by atoms with Crippen molar-refractivity contribution >= 4 is 0 Å². The smallest absolute Gasteiger partial charge is 0.228 e. The molecule has 0 spiro atoms. The third-order valence-corrected chi connectivity index (χ3v) is 1.39. The Morgan fingerprint density at radius 3 is 2.82 bits per heavy atom. The van der Waals surface area contributed by atoms with Crippen LogP contribution in [0.4, 0.5) is 4.39 Å². The van der Waals surface area contributed by atoms with E-state index in [9.17, 15) is 4.39 Å². The molecule has 1 N–H and O–H groups in total. The topological polar surface area (TPSA) is 29.5 Å². The minimum absolute atomic E-state index is 0.191. The van der Waals surface area contributed by atoms with Crippen LogP contribution in [0, 0.1) is 6.92 Å². The van der Waals surface area contributed by atoms with Gasteiger partial charge in [-0.3, -0.25) is 0 Å². The SMILES string of the molecule is Cc1cc(OCF)ccc1O. The lowest BCUT2D eigenvalue weighted by molar-refractivity contribution is 0.191. The average molecular weight is 156 g/mol. The first kappa shape index (κ1) is 7.85. The van der Waals surface area contributed by atoms with Gasteiger partial charge in [-0.2, -0.15) is 0 Å². The molecular weight excluding hydrogens is 147 g/mol. The Morgan fingerprint density at radius 1 is 1.55 bits per heavy atom. The summed E-state index contributed by atoms with van der Waals surface area (Å²) in [5, 5.41) is 9.06. The van der Waals surface area contributed by atoms with Crippen LogP contribution in [0.1, 0.15) is 5.56 Å². The predicted molar refractivity (Wildman–Crippen MR) is 39.4 cm³/mol. The quantitative estimate of drug-likeness (QED) is 0.709. The van der Waals surface area contributed by atoms with Crippen molar-refractivity contribution in [1.29, 1.82) is 0 Å². The lowest BCUT2D eigenvalue weighted by Crippen LogP contribution is -1.89. The number of phenols is 1. The maximum atomic E-state index is 11.6. The number of halogens is 1. The van der Waals surface area contributed by atoms with Crippen molar-refractivity contribution in [2.75, 3.05) is 6.86 Å². The molecule has 1 aromatic rings. The van der Waals surface area contributed by atoms with Gasteiger partial charge in [0.25, 0.3) is 0 Å². The van der Waals surface area contributed by atoms with Gasteiger partial charge in [0, 0.05) is 0 Å².